The average Bonchev–Trinajstić information content (AvgIpc) is 2.70. The van der Waals surface area contributed by atoms with Crippen LogP contribution < -0.4 is 5.32 Å². The molecule has 1 aromatic carbocycles. The van der Waals surface area contributed by atoms with Gasteiger partial charge in [0.05, 0.1) is 0 Å². The highest BCUT2D eigenvalue weighted by Gasteiger charge is 2.16. The third-order valence-electron chi connectivity index (χ3n) is 4.48. The van der Waals surface area contributed by atoms with Crippen molar-refractivity contribution in [2.45, 2.75) is 32.2 Å². The van der Waals surface area contributed by atoms with Gasteiger partial charge >= 0.3 is 0 Å². The normalized spacial score (nSPS) is 15.2. The molecule has 1 saturated carbocycles. The molecule has 20 heavy (non-hydrogen) atoms. The van der Waals surface area contributed by atoms with Crippen molar-refractivity contribution in [2.75, 3.05) is 6.54 Å². The Morgan fingerprint density at radius 3 is 2.90 bits per heavy atom. The van der Waals surface area contributed by atoms with E-state index < -0.39 is 0 Å². The summed E-state index contributed by atoms with van der Waals surface area (Å²) in [5, 5.41) is 4.89. The second-order valence-electron chi connectivity index (χ2n) is 5.90. The van der Waals surface area contributed by atoms with Gasteiger partial charge in [-0.05, 0) is 48.4 Å². The molecule has 1 aromatic heterocycles. The number of aromatic nitrogens is 1. The van der Waals surface area contributed by atoms with Gasteiger partial charge in [-0.1, -0.05) is 18.6 Å². The van der Waals surface area contributed by atoms with Crippen LogP contribution in [0.5, 0.6) is 0 Å². The molecule has 0 saturated heterocycles. The highest BCUT2D eigenvalue weighted by atomic mass is 15.0. The molecule has 2 heteroatoms. The van der Waals surface area contributed by atoms with Crippen molar-refractivity contribution in [3.8, 4) is 12.3 Å². The summed E-state index contributed by atoms with van der Waals surface area (Å²) in [5.74, 6) is 3.62. The minimum atomic E-state index is 0.705. The van der Waals surface area contributed by atoms with Gasteiger partial charge in [0.15, 0.2) is 0 Å². The van der Waals surface area contributed by atoms with E-state index in [0.29, 0.717) is 6.42 Å². The van der Waals surface area contributed by atoms with Crippen LogP contribution in [0.15, 0.2) is 24.3 Å². The SMILES string of the molecule is C#CCc1ccc2cc(CNCC3CCC3)n(C)c2c1. The largest absolute Gasteiger partial charge is 0.346 e. The van der Waals surface area contributed by atoms with E-state index in [1.54, 1.807) is 0 Å². The molecule has 0 amide bonds. The lowest BCUT2D eigenvalue weighted by atomic mass is 9.85. The smallest absolute Gasteiger partial charge is 0.0483 e. The van der Waals surface area contributed by atoms with Crippen molar-refractivity contribution < 1.29 is 0 Å². The maximum atomic E-state index is 5.39. The van der Waals surface area contributed by atoms with Crippen LogP contribution in [0.25, 0.3) is 10.9 Å². The molecule has 1 aliphatic rings. The molecule has 0 atom stereocenters. The van der Waals surface area contributed by atoms with Gasteiger partial charge in [0, 0.05) is 31.2 Å². The van der Waals surface area contributed by atoms with E-state index in [2.05, 4.69) is 47.1 Å². The van der Waals surface area contributed by atoms with Gasteiger partial charge in [-0.25, -0.2) is 0 Å². The summed E-state index contributed by atoms with van der Waals surface area (Å²) >= 11 is 0. The predicted molar refractivity (Wildman–Crippen MR) is 84.5 cm³/mol. The highest BCUT2D eigenvalue weighted by Crippen LogP contribution is 2.25. The lowest BCUT2D eigenvalue weighted by Crippen LogP contribution is -2.27. The van der Waals surface area contributed by atoms with Crippen LogP contribution in [-0.4, -0.2) is 11.1 Å². The van der Waals surface area contributed by atoms with Crippen LogP contribution in [0, 0.1) is 18.3 Å². The zero-order valence-corrected chi connectivity index (χ0v) is 12.2. The minimum absolute atomic E-state index is 0.705. The van der Waals surface area contributed by atoms with Gasteiger partial charge in [-0.15, -0.1) is 12.3 Å². The summed E-state index contributed by atoms with van der Waals surface area (Å²) in [7, 11) is 2.14. The number of fused-ring (bicyclic) bond motifs is 1. The molecular formula is C18H22N2. The number of hydrogen-bond acceptors (Lipinski definition) is 1. The molecule has 1 N–H and O–H groups in total. The van der Waals surface area contributed by atoms with Crippen LogP contribution in [-0.2, 0) is 20.0 Å². The Balaban J connectivity index is 1.73. The van der Waals surface area contributed by atoms with Gasteiger partial charge in [-0.2, -0.15) is 0 Å². The molecule has 0 aliphatic heterocycles. The Morgan fingerprint density at radius 2 is 2.20 bits per heavy atom. The fraction of sp³-hybridized carbons (Fsp3) is 0.444. The summed E-state index contributed by atoms with van der Waals surface area (Å²) in [6.45, 7) is 2.11. The quantitative estimate of drug-likeness (QED) is 0.822. The zero-order valence-electron chi connectivity index (χ0n) is 12.2. The lowest BCUT2D eigenvalue weighted by Gasteiger charge is -2.25. The van der Waals surface area contributed by atoms with Crippen molar-refractivity contribution in [3.05, 3.63) is 35.5 Å². The maximum absolute atomic E-state index is 5.39. The van der Waals surface area contributed by atoms with Crippen LogP contribution in [0.1, 0.15) is 30.5 Å². The third-order valence-corrected chi connectivity index (χ3v) is 4.48. The summed E-state index contributed by atoms with van der Waals surface area (Å²) < 4.78 is 2.28. The molecule has 3 rings (SSSR count). The Hall–Kier alpha value is -1.72. The van der Waals surface area contributed by atoms with Gasteiger partial charge < -0.3 is 9.88 Å². The fourth-order valence-electron chi connectivity index (χ4n) is 2.93. The molecule has 104 valence electrons. The highest BCUT2D eigenvalue weighted by molar-refractivity contribution is 5.82. The topological polar surface area (TPSA) is 17.0 Å². The van der Waals surface area contributed by atoms with Crippen molar-refractivity contribution in [1.82, 2.24) is 9.88 Å². The van der Waals surface area contributed by atoms with Crippen LogP contribution in [0.2, 0.25) is 0 Å². The number of terminal acetylenes is 1. The number of nitrogens with zero attached hydrogens (tertiary/aromatic N) is 1. The molecule has 0 radical (unpaired) electrons. The Labute approximate surface area is 121 Å². The first-order valence-corrected chi connectivity index (χ1v) is 7.49. The Kier molecular flexibility index (Phi) is 3.80. The number of rotatable bonds is 5. The second-order valence-corrected chi connectivity index (χ2v) is 5.90. The molecule has 2 nitrogen and oxygen atoms in total. The van der Waals surface area contributed by atoms with Gasteiger partial charge in [0.25, 0.3) is 0 Å². The van der Waals surface area contributed by atoms with E-state index in [9.17, 15) is 0 Å². The van der Waals surface area contributed by atoms with Crippen molar-refractivity contribution in [3.63, 3.8) is 0 Å². The van der Waals surface area contributed by atoms with Crippen molar-refractivity contribution >= 4 is 10.9 Å². The lowest BCUT2D eigenvalue weighted by molar-refractivity contribution is 0.300. The Bertz CT molecular complexity index is 641. The molecule has 0 spiro atoms. The molecule has 0 bridgehead atoms. The van der Waals surface area contributed by atoms with E-state index in [1.165, 1.54) is 41.4 Å². The molecule has 1 heterocycles. The average molecular weight is 266 g/mol. The first kappa shape index (κ1) is 13.3. The summed E-state index contributed by atoms with van der Waals surface area (Å²) in [5.41, 5.74) is 3.84. The number of aryl methyl sites for hydroxylation is 1. The van der Waals surface area contributed by atoms with Gasteiger partial charge in [0.1, 0.15) is 0 Å². The standard InChI is InChI=1S/C18H22N2/c1-3-5-14-8-9-16-11-17(20(2)18(16)10-14)13-19-12-15-6-4-7-15/h1,8-11,15,19H,4-7,12-13H2,2H3. The minimum Gasteiger partial charge on any atom is -0.346 e. The second kappa shape index (κ2) is 5.73. The van der Waals surface area contributed by atoms with E-state index >= 15 is 0 Å². The summed E-state index contributed by atoms with van der Waals surface area (Å²) in [6, 6.07) is 8.80. The van der Waals surface area contributed by atoms with Gasteiger partial charge in [-0.3, -0.25) is 0 Å². The first-order chi connectivity index (χ1) is 9.78. The van der Waals surface area contributed by atoms with E-state index in [0.717, 1.165) is 19.0 Å². The third kappa shape index (κ3) is 2.59. The predicted octanol–water partition coefficient (Wildman–Crippen LogP) is 3.24. The van der Waals surface area contributed by atoms with E-state index in [-0.39, 0.29) is 0 Å². The van der Waals surface area contributed by atoms with E-state index in [4.69, 9.17) is 6.42 Å². The molecular weight excluding hydrogens is 244 g/mol. The number of nitrogens with one attached hydrogen (secondary N) is 1. The Morgan fingerprint density at radius 1 is 1.35 bits per heavy atom. The monoisotopic (exact) mass is 266 g/mol. The van der Waals surface area contributed by atoms with Crippen molar-refractivity contribution in [1.29, 1.82) is 0 Å². The molecule has 0 unspecified atom stereocenters. The number of benzene rings is 1. The van der Waals surface area contributed by atoms with Gasteiger partial charge in [0.2, 0.25) is 0 Å². The molecule has 1 fully saturated rings. The maximum Gasteiger partial charge on any atom is 0.0483 e. The summed E-state index contributed by atoms with van der Waals surface area (Å²) in [4.78, 5) is 0. The zero-order chi connectivity index (χ0) is 13.9. The van der Waals surface area contributed by atoms with Crippen LogP contribution >= 0.6 is 0 Å². The van der Waals surface area contributed by atoms with Crippen LogP contribution in [0.4, 0.5) is 0 Å². The van der Waals surface area contributed by atoms with E-state index in [1.807, 2.05) is 0 Å². The van der Waals surface area contributed by atoms with Crippen molar-refractivity contribution in [2.24, 2.45) is 13.0 Å². The van der Waals surface area contributed by atoms with Crippen LogP contribution in [0.3, 0.4) is 0 Å². The fourth-order valence-corrected chi connectivity index (χ4v) is 2.93. The molecule has 2 aromatic rings. The number of hydrogen-bond donors (Lipinski definition) is 1. The summed E-state index contributed by atoms with van der Waals surface area (Å²) in [6.07, 6.45) is 10.3. The first-order valence-electron chi connectivity index (χ1n) is 7.49. The molecule has 1 aliphatic carbocycles.